The quantitative estimate of drug-likeness (QED) is 0.735. The summed E-state index contributed by atoms with van der Waals surface area (Å²) >= 11 is 0. The van der Waals surface area contributed by atoms with E-state index in [0.717, 1.165) is 25.7 Å². The molecule has 15 heavy (non-hydrogen) atoms. The summed E-state index contributed by atoms with van der Waals surface area (Å²) in [6.45, 7) is 3.24. The molecule has 1 saturated carbocycles. The number of nitrogens with one attached hydrogen (secondary N) is 1. The molecule has 4 heteroatoms. The molecular formula is C11H16N2O2. The summed E-state index contributed by atoms with van der Waals surface area (Å²) in [5.74, 6) is 0.0184. The molecule has 82 valence electrons. The van der Waals surface area contributed by atoms with Gasteiger partial charge in [0.2, 0.25) is 5.91 Å². The summed E-state index contributed by atoms with van der Waals surface area (Å²) in [6.07, 6.45) is 3.09. The highest BCUT2D eigenvalue weighted by Gasteiger charge is 2.48. The summed E-state index contributed by atoms with van der Waals surface area (Å²) < 4.78 is 5.24. The van der Waals surface area contributed by atoms with Gasteiger partial charge in [0.15, 0.2) is 0 Å². The summed E-state index contributed by atoms with van der Waals surface area (Å²) in [7, 11) is 0. The van der Waals surface area contributed by atoms with E-state index in [2.05, 4.69) is 11.4 Å². The van der Waals surface area contributed by atoms with Gasteiger partial charge in [0, 0.05) is 13.2 Å². The molecule has 0 atom stereocenters. The Labute approximate surface area is 89.6 Å². The summed E-state index contributed by atoms with van der Waals surface area (Å²) in [5, 5.41) is 11.8. The van der Waals surface area contributed by atoms with Crippen molar-refractivity contribution in [1.29, 1.82) is 5.26 Å². The summed E-state index contributed by atoms with van der Waals surface area (Å²) in [6, 6.07) is 2.18. The van der Waals surface area contributed by atoms with Crippen LogP contribution in [-0.2, 0) is 9.53 Å². The zero-order valence-electron chi connectivity index (χ0n) is 9.01. The lowest BCUT2D eigenvalue weighted by atomic mass is 9.81. The first kappa shape index (κ1) is 10.4. The molecule has 4 nitrogen and oxygen atoms in total. The van der Waals surface area contributed by atoms with E-state index in [9.17, 15) is 4.79 Å². The SMILES string of the molecule is CC1(C(=O)NC2(C#N)CC2)CCOCC1. The number of amides is 1. The van der Waals surface area contributed by atoms with Gasteiger partial charge >= 0.3 is 0 Å². The molecule has 2 rings (SSSR count). The maximum Gasteiger partial charge on any atom is 0.227 e. The average molecular weight is 208 g/mol. The van der Waals surface area contributed by atoms with E-state index in [-0.39, 0.29) is 11.3 Å². The third-order valence-corrected chi connectivity index (χ3v) is 3.46. The third kappa shape index (κ3) is 1.98. The molecule has 1 amide bonds. The topological polar surface area (TPSA) is 62.1 Å². The van der Waals surface area contributed by atoms with Gasteiger partial charge in [-0.3, -0.25) is 4.79 Å². The van der Waals surface area contributed by atoms with Crippen LogP contribution >= 0.6 is 0 Å². The van der Waals surface area contributed by atoms with Crippen LogP contribution in [0.2, 0.25) is 0 Å². The van der Waals surface area contributed by atoms with Crippen LogP contribution in [0.15, 0.2) is 0 Å². The molecule has 2 fully saturated rings. The second kappa shape index (κ2) is 3.49. The molecule has 0 aromatic heterocycles. The standard InChI is InChI=1S/C11H16N2O2/c1-10(4-6-15-7-5-10)9(14)13-11(8-12)2-3-11/h2-7H2,1H3,(H,13,14). The Hall–Kier alpha value is -1.08. The molecule has 0 aromatic carbocycles. The van der Waals surface area contributed by atoms with Crippen molar-refractivity contribution in [2.75, 3.05) is 13.2 Å². The minimum atomic E-state index is -0.543. The number of nitrogens with zero attached hydrogens (tertiary/aromatic N) is 1. The lowest BCUT2D eigenvalue weighted by Gasteiger charge is -2.32. The number of hydrogen-bond acceptors (Lipinski definition) is 3. The molecule has 2 aliphatic rings. The maximum atomic E-state index is 12.0. The van der Waals surface area contributed by atoms with Crippen molar-refractivity contribution in [2.24, 2.45) is 5.41 Å². The Morgan fingerprint density at radius 1 is 1.33 bits per heavy atom. The van der Waals surface area contributed by atoms with Gasteiger partial charge in [-0.25, -0.2) is 0 Å². The molecule has 1 N–H and O–H groups in total. The summed E-state index contributed by atoms with van der Waals surface area (Å²) in [5.41, 5.74) is -0.886. The van der Waals surface area contributed by atoms with Gasteiger partial charge in [-0.05, 0) is 25.7 Å². The van der Waals surface area contributed by atoms with E-state index in [1.54, 1.807) is 0 Å². The number of nitriles is 1. The Bertz CT molecular complexity index is 309. The maximum absolute atomic E-state index is 12.0. The van der Waals surface area contributed by atoms with Gasteiger partial charge in [0.1, 0.15) is 5.54 Å². The molecule has 1 heterocycles. The highest BCUT2D eigenvalue weighted by molar-refractivity contribution is 5.83. The first-order valence-corrected chi connectivity index (χ1v) is 5.42. The van der Waals surface area contributed by atoms with Crippen LogP contribution in [0.25, 0.3) is 0 Å². The van der Waals surface area contributed by atoms with E-state index in [0.29, 0.717) is 13.2 Å². The van der Waals surface area contributed by atoms with Crippen molar-refractivity contribution in [3.63, 3.8) is 0 Å². The minimum Gasteiger partial charge on any atom is -0.381 e. The highest BCUT2D eigenvalue weighted by atomic mass is 16.5. The Morgan fingerprint density at radius 2 is 1.93 bits per heavy atom. The zero-order chi connectivity index (χ0) is 10.9. The third-order valence-electron chi connectivity index (χ3n) is 3.46. The second-order valence-electron chi connectivity index (χ2n) is 4.82. The fourth-order valence-electron chi connectivity index (χ4n) is 1.81. The van der Waals surface area contributed by atoms with E-state index in [1.807, 2.05) is 6.92 Å². The average Bonchev–Trinajstić information content (AvgIpc) is 3.00. The van der Waals surface area contributed by atoms with Crippen LogP contribution in [0.4, 0.5) is 0 Å². The number of rotatable bonds is 2. The van der Waals surface area contributed by atoms with Crippen LogP contribution < -0.4 is 5.32 Å². The van der Waals surface area contributed by atoms with Crippen molar-refractivity contribution in [2.45, 2.75) is 38.1 Å². The lowest BCUT2D eigenvalue weighted by molar-refractivity contribution is -0.135. The van der Waals surface area contributed by atoms with Crippen LogP contribution in [0, 0.1) is 16.7 Å². The van der Waals surface area contributed by atoms with Gasteiger partial charge in [-0.1, -0.05) is 6.92 Å². The molecule has 0 radical (unpaired) electrons. The molecule has 1 aliphatic heterocycles. The number of ether oxygens (including phenoxy) is 1. The first-order chi connectivity index (χ1) is 7.10. The first-order valence-electron chi connectivity index (χ1n) is 5.42. The van der Waals surface area contributed by atoms with Gasteiger partial charge in [-0.15, -0.1) is 0 Å². The predicted octanol–water partition coefficient (Wildman–Crippen LogP) is 0.975. The highest BCUT2D eigenvalue weighted by Crippen LogP contribution is 2.37. The molecule has 0 aromatic rings. The Balaban J connectivity index is 1.98. The smallest absolute Gasteiger partial charge is 0.227 e. The number of hydrogen-bond donors (Lipinski definition) is 1. The fraction of sp³-hybridized carbons (Fsp3) is 0.818. The van der Waals surface area contributed by atoms with Gasteiger partial charge in [0.05, 0.1) is 11.5 Å². The van der Waals surface area contributed by atoms with Crippen molar-refractivity contribution in [1.82, 2.24) is 5.32 Å². The Kier molecular flexibility index (Phi) is 2.43. The number of carbonyl (C=O) groups excluding carboxylic acids is 1. The zero-order valence-corrected chi connectivity index (χ0v) is 9.01. The van der Waals surface area contributed by atoms with E-state index < -0.39 is 5.54 Å². The lowest BCUT2D eigenvalue weighted by Crippen LogP contribution is -2.47. The second-order valence-corrected chi connectivity index (χ2v) is 4.82. The minimum absolute atomic E-state index is 0.0184. The van der Waals surface area contributed by atoms with E-state index in [4.69, 9.17) is 10.00 Å². The van der Waals surface area contributed by atoms with Crippen LogP contribution in [0.3, 0.4) is 0 Å². The van der Waals surface area contributed by atoms with Gasteiger partial charge in [-0.2, -0.15) is 5.26 Å². The molecule has 1 aliphatic carbocycles. The van der Waals surface area contributed by atoms with Crippen molar-refractivity contribution < 1.29 is 9.53 Å². The number of carbonyl (C=O) groups is 1. The monoisotopic (exact) mass is 208 g/mol. The van der Waals surface area contributed by atoms with E-state index in [1.165, 1.54) is 0 Å². The largest absolute Gasteiger partial charge is 0.381 e. The Morgan fingerprint density at radius 3 is 2.40 bits per heavy atom. The predicted molar refractivity (Wildman–Crippen MR) is 53.9 cm³/mol. The van der Waals surface area contributed by atoms with Crippen LogP contribution in [-0.4, -0.2) is 24.7 Å². The van der Waals surface area contributed by atoms with Crippen molar-refractivity contribution in [3.05, 3.63) is 0 Å². The van der Waals surface area contributed by atoms with Gasteiger partial charge < -0.3 is 10.1 Å². The molecule has 1 saturated heterocycles. The molecule has 0 unspecified atom stereocenters. The fourth-order valence-corrected chi connectivity index (χ4v) is 1.81. The molecular weight excluding hydrogens is 192 g/mol. The van der Waals surface area contributed by atoms with Crippen molar-refractivity contribution in [3.8, 4) is 6.07 Å². The van der Waals surface area contributed by atoms with Crippen LogP contribution in [0.1, 0.15) is 32.6 Å². The normalized spacial score (nSPS) is 26.4. The van der Waals surface area contributed by atoms with E-state index >= 15 is 0 Å². The molecule has 0 bridgehead atoms. The molecule has 0 spiro atoms. The summed E-state index contributed by atoms with van der Waals surface area (Å²) in [4.78, 5) is 12.0. The van der Waals surface area contributed by atoms with Gasteiger partial charge in [0.25, 0.3) is 0 Å². The van der Waals surface area contributed by atoms with Crippen LogP contribution in [0.5, 0.6) is 0 Å². The van der Waals surface area contributed by atoms with Crippen molar-refractivity contribution >= 4 is 5.91 Å².